The van der Waals surface area contributed by atoms with Crippen molar-refractivity contribution in [1.82, 2.24) is 19.9 Å². The van der Waals surface area contributed by atoms with Gasteiger partial charge >= 0.3 is 5.97 Å². The van der Waals surface area contributed by atoms with Gasteiger partial charge in [0.05, 0.1) is 6.61 Å². The topological polar surface area (TPSA) is 117 Å². The molecule has 0 saturated heterocycles. The Morgan fingerprint density at radius 3 is 2.96 bits per heavy atom. The number of nitrogens with one attached hydrogen (secondary N) is 3. The first-order valence-electron chi connectivity index (χ1n) is 7.78. The average Bonchev–Trinajstić information content (AvgIpc) is 3.25. The van der Waals surface area contributed by atoms with E-state index in [1.807, 2.05) is 30.5 Å². The summed E-state index contributed by atoms with van der Waals surface area (Å²) >= 11 is 0. The first kappa shape index (κ1) is 17.2. The molecule has 3 aromatic rings. The van der Waals surface area contributed by atoms with Crippen molar-refractivity contribution in [2.45, 2.75) is 18.4 Å². The minimum atomic E-state index is -3.78. The zero-order chi connectivity index (χ0) is 17.9. The van der Waals surface area contributed by atoms with E-state index in [-0.39, 0.29) is 23.9 Å². The lowest BCUT2D eigenvalue weighted by Gasteiger charge is -2.06. The van der Waals surface area contributed by atoms with Crippen LogP contribution in [0.4, 0.5) is 0 Å². The largest absolute Gasteiger partial charge is 0.461 e. The van der Waals surface area contributed by atoms with Crippen molar-refractivity contribution in [1.29, 1.82) is 0 Å². The van der Waals surface area contributed by atoms with E-state index < -0.39 is 16.0 Å². The summed E-state index contributed by atoms with van der Waals surface area (Å²) in [4.78, 5) is 14.7. The Morgan fingerprint density at radius 2 is 2.16 bits per heavy atom. The fourth-order valence-electron chi connectivity index (χ4n) is 2.51. The van der Waals surface area contributed by atoms with E-state index >= 15 is 0 Å². The molecule has 2 heterocycles. The summed E-state index contributed by atoms with van der Waals surface area (Å²) in [6.45, 7) is 2.07. The normalized spacial score (nSPS) is 11.7. The highest BCUT2D eigenvalue weighted by molar-refractivity contribution is 7.89. The van der Waals surface area contributed by atoms with Crippen LogP contribution in [0.5, 0.6) is 0 Å². The first-order valence-corrected chi connectivity index (χ1v) is 9.27. The van der Waals surface area contributed by atoms with Gasteiger partial charge in [-0.15, -0.1) is 0 Å². The molecule has 8 nitrogen and oxygen atoms in total. The molecule has 0 atom stereocenters. The number of nitrogens with zero attached hydrogens (tertiary/aromatic N) is 1. The fraction of sp³-hybridized carbons (Fsp3) is 0.250. The van der Waals surface area contributed by atoms with Gasteiger partial charge in [-0.3, -0.25) is 5.10 Å². The lowest BCUT2D eigenvalue weighted by Crippen LogP contribution is -2.26. The van der Waals surface area contributed by atoms with Gasteiger partial charge in [0.15, 0.2) is 10.7 Å². The molecule has 0 amide bonds. The van der Waals surface area contributed by atoms with Crippen LogP contribution in [-0.4, -0.2) is 42.7 Å². The molecule has 0 aliphatic carbocycles. The molecule has 0 unspecified atom stereocenters. The van der Waals surface area contributed by atoms with Gasteiger partial charge in [-0.25, -0.2) is 17.9 Å². The fourth-order valence-corrected chi connectivity index (χ4v) is 3.47. The number of hydrogen-bond acceptors (Lipinski definition) is 5. The number of carbonyl (C=O) groups excluding carboxylic acids is 1. The lowest BCUT2D eigenvalue weighted by atomic mass is 10.1. The highest BCUT2D eigenvalue weighted by Gasteiger charge is 2.20. The number of aromatic nitrogens is 3. The maximum Gasteiger partial charge on any atom is 0.358 e. The monoisotopic (exact) mass is 362 g/mol. The second kappa shape index (κ2) is 7.08. The molecule has 2 aromatic heterocycles. The Balaban J connectivity index is 1.66. The standard InChI is InChI=1S/C16H18N4O4S/c1-2-24-16(21)13-10-14(20-19-13)25(22,23)18-9-7-12-5-3-4-11-6-8-17-15(11)12/h3-6,8,10,17-18H,2,7,9H2,1H3,(H,19,20). The molecule has 0 spiro atoms. The number of aromatic amines is 2. The quantitative estimate of drug-likeness (QED) is 0.552. The van der Waals surface area contributed by atoms with Crippen LogP contribution in [0.1, 0.15) is 23.0 Å². The molecule has 1 aromatic carbocycles. The number of rotatable bonds is 7. The van der Waals surface area contributed by atoms with Crippen molar-refractivity contribution in [3.8, 4) is 0 Å². The molecule has 0 bridgehead atoms. The summed E-state index contributed by atoms with van der Waals surface area (Å²) in [6.07, 6.45) is 2.37. The van der Waals surface area contributed by atoms with Crippen molar-refractivity contribution in [3.05, 3.63) is 47.8 Å². The van der Waals surface area contributed by atoms with Crippen molar-refractivity contribution < 1.29 is 17.9 Å². The maximum absolute atomic E-state index is 12.3. The number of para-hydroxylation sites is 1. The number of ether oxygens (including phenoxy) is 1. The second-order valence-electron chi connectivity index (χ2n) is 5.34. The summed E-state index contributed by atoms with van der Waals surface area (Å²) in [7, 11) is -3.78. The van der Waals surface area contributed by atoms with Gasteiger partial charge in [0.1, 0.15) is 0 Å². The van der Waals surface area contributed by atoms with E-state index in [0.29, 0.717) is 6.42 Å². The van der Waals surface area contributed by atoms with Gasteiger partial charge in [0.25, 0.3) is 10.0 Å². The van der Waals surface area contributed by atoms with Crippen LogP contribution in [0.15, 0.2) is 41.6 Å². The highest BCUT2D eigenvalue weighted by Crippen LogP contribution is 2.17. The summed E-state index contributed by atoms with van der Waals surface area (Å²) < 4.78 is 31.9. The third kappa shape index (κ3) is 3.72. The molecule has 0 saturated carbocycles. The van der Waals surface area contributed by atoms with Crippen LogP contribution in [0.25, 0.3) is 10.9 Å². The number of H-pyrrole nitrogens is 2. The molecule has 3 rings (SSSR count). The van der Waals surface area contributed by atoms with Crippen LogP contribution in [-0.2, 0) is 21.2 Å². The van der Waals surface area contributed by atoms with Crippen LogP contribution in [0.2, 0.25) is 0 Å². The van der Waals surface area contributed by atoms with Gasteiger partial charge in [-0.2, -0.15) is 5.10 Å². The summed E-state index contributed by atoms with van der Waals surface area (Å²) in [5.41, 5.74) is 1.94. The van der Waals surface area contributed by atoms with Crippen molar-refractivity contribution in [3.63, 3.8) is 0 Å². The SMILES string of the molecule is CCOC(=O)c1cc(S(=O)(=O)NCCc2cccc3cc[nH]c23)[nH]n1. The smallest absolute Gasteiger partial charge is 0.358 e. The van der Waals surface area contributed by atoms with Crippen LogP contribution < -0.4 is 4.72 Å². The zero-order valence-electron chi connectivity index (χ0n) is 13.6. The molecular weight excluding hydrogens is 344 g/mol. The molecule has 9 heteroatoms. The number of carbonyl (C=O) groups is 1. The Morgan fingerprint density at radius 1 is 1.32 bits per heavy atom. The number of esters is 1. The molecule has 0 radical (unpaired) electrons. The van der Waals surface area contributed by atoms with E-state index in [1.54, 1.807) is 6.92 Å². The van der Waals surface area contributed by atoms with Crippen LogP contribution in [0.3, 0.4) is 0 Å². The van der Waals surface area contributed by atoms with E-state index in [9.17, 15) is 13.2 Å². The zero-order valence-corrected chi connectivity index (χ0v) is 14.4. The summed E-state index contributed by atoms with van der Waals surface area (Å²) in [6, 6.07) is 8.99. The molecule has 0 aliphatic rings. The molecule has 132 valence electrons. The minimum absolute atomic E-state index is 0.0709. The van der Waals surface area contributed by atoms with Crippen LogP contribution >= 0.6 is 0 Å². The number of benzene rings is 1. The maximum atomic E-state index is 12.3. The van der Waals surface area contributed by atoms with E-state index in [1.165, 1.54) is 0 Å². The van der Waals surface area contributed by atoms with Gasteiger partial charge in [-0.1, -0.05) is 18.2 Å². The lowest BCUT2D eigenvalue weighted by molar-refractivity contribution is 0.0519. The summed E-state index contributed by atoms with van der Waals surface area (Å²) in [5, 5.41) is 6.93. The van der Waals surface area contributed by atoms with Gasteiger partial charge in [-0.05, 0) is 30.4 Å². The van der Waals surface area contributed by atoms with Crippen molar-refractivity contribution >= 4 is 26.9 Å². The van der Waals surface area contributed by atoms with Crippen LogP contribution in [0, 0.1) is 0 Å². The van der Waals surface area contributed by atoms with Crippen molar-refractivity contribution in [2.75, 3.05) is 13.2 Å². The third-order valence-electron chi connectivity index (χ3n) is 3.69. The Labute approximate surface area is 144 Å². The summed E-state index contributed by atoms with van der Waals surface area (Å²) in [5.74, 6) is -0.668. The van der Waals surface area contributed by atoms with E-state index in [0.717, 1.165) is 22.5 Å². The van der Waals surface area contributed by atoms with Gasteiger partial charge < -0.3 is 9.72 Å². The minimum Gasteiger partial charge on any atom is -0.461 e. The number of sulfonamides is 1. The molecular formula is C16H18N4O4S. The second-order valence-corrected chi connectivity index (χ2v) is 7.08. The Kier molecular flexibility index (Phi) is 4.86. The highest BCUT2D eigenvalue weighted by atomic mass is 32.2. The average molecular weight is 362 g/mol. The Bertz CT molecular complexity index is 990. The predicted molar refractivity (Wildman–Crippen MR) is 91.7 cm³/mol. The number of hydrogen-bond donors (Lipinski definition) is 3. The van der Waals surface area contributed by atoms with Crippen molar-refractivity contribution in [2.24, 2.45) is 0 Å². The predicted octanol–water partition coefficient (Wildman–Crippen LogP) is 1.59. The van der Waals surface area contributed by atoms with Gasteiger partial charge in [0.2, 0.25) is 0 Å². The van der Waals surface area contributed by atoms with E-state index in [4.69, 9.17) is 4.74 Å². The van der Waals surface area contributed by atoms with Gasteiger partial charge in [0, 0.05) is 24.3 Å². The molecule has 25 heavy (non-hydrogen) atoms. The number of fused-ring (bicyclic) bond motifs is 1. The Hall–Kier alpha value is -2.65. The molecule has 0 fully saturated rings. The third-order valence-corrected chi connectivity index (χ3v) is 5.06. The first-order chi connectivity index (χ1) is 12.0. The van der Waals surface area contributed by atoms with E-state index in [2.05, 4.69) is 19.9 Å². The molecule has 0 aliphatic heterocycles. The molecule has 3 N–H and O–H groups in total.